The van der Waals surface area contributed by atoms with E-state index >= 15 is 0 Å². The zero-order valence-corrected chi connectivity index (χ0v) is 19.6. The molecular weight excluding hydrogens is 420 g/mol. The van der Waals surface area contributed by atoms with Crippen LogP contribution >= 0.6 is 15.9 Å². The molecule has 0 aliphatic heterocycles. The van der Waals surface area contributed by atoms with E-state index in [0.717, 1.165) is 21.2 Å². The van der Waals surface area contributed by atoms with Gasteiger partial charge in [0.05, 0.1) is 0 Å². The van der Waals surface area contributed by atoms with Crippen LogP contribution in [0.1, 0.15) is 52.7 Å². The lowest BCUT2D eigenvalue weighted by molar-refractivity contribution is 0.125. The van der Waals surface area contributed by atoms with E-state index in [1.807, 2.05) is 12.1 Å². The summed E-state index contributed by atoms with van der Waals surface area (Å²) in [5.41, 5.74) is 7.45. The number of benzene rings is 3. The van der Waals surface area contributed by atoms with Crippen LogP contribution in [0, 0.1) is 5.41 Å². The zero-order chi connectivity index (χ0) is 20.8. The minimum Gasteiger partial charge on any atom is -0.455 e. The monoisotopic (exact) mass is 446 g/mol. The maximum atomic E-state index is 6.33. The second-order valence-corrected chi connectivity index (χ2v) is 10.9. The fourth-order valence-electron chi connectivity index (χ4n) is 5.23. The maximum Gasteiger partial charge on any atom is 0.143 e. The summed E-state index contributed by atoms with van der Waals surface area (Å²) in [5.74, 6) is 0. The van der Waals surface area contributed by atoms with E-state index in [-0.39, 0.29) is 16.2 Å². The van der Waals surface area contributed by atoms with Crippen molar-refractivity contribution in [1.82, 2.24) is 0 Å². The van der Waals surface area contributed by atoms with E-state index in [4.69, 9.17) is 4.42 Å². The highest BCUT2D eigenvalue weighted by Gasteiger charge is 2.56. The van der Waals surface area contributed by atoms with Crippen molar-refractivity contribution in [3.8, 4) is 11.1 Å². The van der Waals surface area contributed by atoms with Gasteiger partial charge in [0.1, 0.15) is 11.2 Å². The van der Waals surface area contributed by atoms with Gasteiger partial charge in [-0.25, -0.2) is 0 Å². The van der Waals surface area contributed by atoms with Crippen molar-refractivity contribution in [2.24, 2.45) is 5.41 Å². The molecule has 1 aliphatic carbocycles. The molecule has 0 spiro atoms. The van der Waals surface area contributed by atoms with E-state index in [1.165, 1.54) is 27.5 Å². The molecule has 1 heterocycles. The Morgan fingerprint density at radius 1 is 0.690 bits per heavy atom. The number of halogens is 1. The van der Waals surface area contributed by atoms with Crippen LogP contribution < -0.4 is 0 Å². The molecule has 0 saturated heterocycles. The quantitative estimate of drug-likeness (QED) is 0.285. The Balaban J connectivity index is 1.83. The molecule has 148 valence electrons. The highest BCUT2D eigenvalue weighted by atomic mass is 79.9. The molecule has 0 unspecified atom stereocenters. The van der Waals surface area contributed by atoms with Crippen molar-refractivity contribution < 1.29 is 4.42 Å². The minimum absolute atomic E-state index is 0.0725. The van der Waals surface area contributed by atoms with Crippen molar-refractivity contribution in [1.29, 1.82) is 0 Å². The number of hydrogen-bond donors (Lipinski definition) is 0. The molecule has 1 aliphatic rings. The molecule has 0 atom stereocenters. The fraction of sp³-hybridized carbons (Fsp3) is 0.333. The first-order valence-electron chi connectivity index (χ1n) is 10.3. The highest BCUT2D eigenvalue weighted by Crippen LogP contribution is 2.62. The van der Waals surface area contributed by atoms with Crippen LogP contribution in [-0.2, 0) is 10.8 Å². The van der Waals surface area contributed by atoms with E-state index < -0.39 is 0 Å². The molecule has 0 amide bonds. The second kappa shape index (κ2) is 5.76. The molecule has 0 bridgehead atoms. The lowest BCUT2D eigenvalue weighted by Gasteiger charge is -2.44. The lowest BCUT2D eigenvalue weighted by Crippen LogP contribution is -2.42. The molecule has 2 heteroatoms. The lowest BCUT2D eigenvalue weighted by atomic mass is 9.59. The Kier molecular flexibility index (Phi) is 3.76. The van der Waals surface area contributed by atoms with E-state index in [1.54, 1.807) is 0 Å². The molecule has 0 N–H and O–H groups in total. The number of rotatable bonds is 1. The maximum absolute atomic E-state index is 6.33. The van der Waals surface area contributed by atoms with Gasteiger partial charge in [0.2, 0.25) is 0 Å². The van der Waals surface area contributed by atoms with Gasteiger partial charge < -0.3 is 4.42 Å². The van der Waals surface area contributed by atoms with E-state index in [0.29, 0.717) is 0 Å². The Labute approximate surface area is 181 Å². The van der Waals surface area contributed by atoms with Gasteiger partial charge in [0.25, 0.3) is 0 Å². The highest BCUT2D eigenvalue weighted by molar-refractivity contribution is 9.10. The Hall–Kier alpha value is -2.06. The van der Waals surface area contributed by atoms with Crippen molar-refractivity contribution in [3.63, 3.8) is 0 Å². The molecule has 0 fully saturated rings. The first-order chi connectivity index (χ1) is 13.6. The van der Waals surface area contributed by atoms with Crippen LogP contribution in [0.25, 0.3) is 33.1 Å². The predicted octanol–water partition coefficient (Wildman–Crippen LogP) is 8.61. The molecule has 0 saturated carbocycles. The summed E-state index contributed by atoms with van der Waals surface area (Å²) in [6.07, 6.45) is 0. The van der Waals surface area contributed by atoms with Gasteiger partial charge in [0.15, 0.2) is 0 Å². The number of hydrogen-bond acceptors (Lipinski definition) is 1. The Bertz CT molecular complexity index is 1290. The van der Waals surface area contributed by atoms with Gasteiger partial charge in [-0.15, -0.1) is 0 Å². The third-order valence-electron chi connectivity index (χ3n) is 8.27. The molecule has 0 radical (unpaired) electrons. The van der Waals surface area contributed by atoms with E-state index in [2.05, 4.69) is 99.9 Å². The molecule has 29 heavy (non-hydrogen) atoms. The van der Waals surface area contributed by atoms with Gasteiger partial charge in [-0.2, -0.15) is 0 Å². The smallest absolute Gasteiger partial charge is 0.143 e. The van der Waals surface area contributed by atoms with Crippen LogP contribution in [0.5, 0.6) is 0 Å². The van der Waals surface area contributed by atoms with Crippen LogP contribution in [-0.4, -0.2) is 0 Å². The number of fused-ring (bicyclic) bond motifs is 4. The first kappa shape index (κ1) is 18.9. The van der Waals surface area contributed by atoms with Crippen LogP contribution in [0.3, 0.4) is 0 Å². The van der Waals surface area contributed by atoms with Gasteiger partial charge >= 0.3 is 0 Å². The van der Waals surface area contributed by atoms with E-state index in [9.17, 15) is 0 Å². The summed E-state index contributed by atoms with van der Waals surface area (Å²) < 4.78 is 7.46. The average Bonchev–Trinajstić information content (AvgIpc) is 3.09. The molecule has 1 aromatic heterocycles. The first-order valence-corrected chi connectivity index (χ1v) is 11.1. The summed E-state index contributed by atoms with van der Waals surface area (Å²) in [5, 5.41) is 2.34. The zero-order valence-electron chi connectivity index (χ0n) is 18.0. The summed E-state index contributed by atoms with van der Waals surface area (Å²) in [7, 11) is 0. The predicted molar refractivity (Wildman–Crippen MR) is 127 cm³/mol. The SMILES string of the molecule is CC1(C)c2cc(Br)c(-c3cccc4c3oc3ccccc34)cc2C(C)(C)C1(C)C. The van der Waals surface area contributed by atoms with Gasteiger partial charge in [0, 0.05) is 20.8 Å². The summed E-state index contributed by atoms with van der Waals surface area (Å²) >= 11 is 3.90. The summed E-state index contributed by atoms with van der Waals surface area (Å²) in [4.78, 5) is 0. The molecule has 4 aromatic rings. The van der Waals surface area contributed by atoms with Crippen LogP contribution in [0.15, 0.2) is 63.5 Å². The van der Waals surface area contributed by atoms with Crippen molar-refractivity contribution >= 4 is 37.9 Å². The number of furan rings is 1. The topological polar surface area (TPSA) is 13.1 Å². The Morgan fingerprint density at radius 3 is 2.03 bits per heavy atom. The fourth-order valence-corrected chi connectivity index (χ4v) is 5.78. The summed E-state index contributed by atoms with van der Waals surface area (Å²) in [6.45, 7) is 14.3. The van der Waals surface area contributed by atoms with Crippen molar-refractivity contribution in [2.45, 2.75) is 52.4 Å². The third kappa shape index (κ3) is 2.27. The molecule has 5 rings (SSSR count). The van der Waals surface area contributed by atoms with Crippen molar-refractivity contribution in [2.75, 3.05) is 0 Å². The average molecular weight is 447 g/mol. The minimum atomic E-state index is 0.0725. The molecular formula is C27H27BrO. The van der Waals surface area contributed by atoms with Gasteiger partial charge in [-0.05, 0) is 51.1 Å². The second-order valence-electron chi connectivity index (χ2n) is 10.0. The number of para-hydroxylation sites is 2. The van der Waals surface area contributed by atoms with Gasteiger partial charge in [-0.1, -0.05) is 93.9 Å². The van der Waals surface area contributed by atoms with Gasteiger partial charge in [-0.3, -0.25) is 0 Å². The van der Waals surface area contributed by atoms with Crippen LogP contribution in [0.2, 0.25) is 0 Å². The Morgan fingerprint density at radius 2 is 1.31 bits per heavy atom. The van der Waals surface area contributed by atoms with Crippen LogP contribution in [0.4, 0.5) is 0 Å². The third-order valence-corrected chi connectivity index (χ3v) is 8.93. The summed E-state index contributed by atoms with van der Waals surface area (Å²) in [6, 6.07) is 19.5. The molecule has 1 nitrogen and oxygen atoms in total. The standard InChI is InChI=1S/C27H27BrO/c1-25(2)20-14-19(22(28)15-21(20)26(3,4)27(25,5)6)18-12-9-11-17-16-10-7-8-13-23(16)29-24(17)18/h7-15H,1-6H3. The largest absolute Gasteiger partial charge is 0.455 e. The van der Waals surface area contributed by atoms with Crippen molar-refractivity contribution in [3.05, 3.63) is 70.2 Å². The normalized spacial score (nSPS) is 19.0. The molecule has 3 aromatic carbocycles.